The molecule has 2 rings (SSSR count). The molecule has 1 N–H and O–H groups in total. The van der Waals surface area contributed by atoms with Crippen LogP contribution in [-0.4, -0.2) is 9.97 Å². The maximum absolute atomic E-state index is 10.1. The highest BCUT2D eigenvalue weighted by Crippen LogP contribution is 2.13. The summed E-state index contributed by atoms with van der Waals surface area (Å²) in [5, 5.41) is 5.87. The number of hydrogen-bond acceptors (Lipinski definition) is 5. The van der Waals surface area contributed by atoms with Crippen molar-refractivity contribution >= 4 is 11.6 Å². The summed E-state index contributed by atoms with van der Waals surface area (Å²) in [6.45, 7) is 0.197. The lowest BCUT2D eigenvalue weighted by molar-refractivity contribution is 1.05. The SMILES string of the molecule is O=NCc1ccc(Nc2ncccn2)cc1. The Kier molecular flexibility index (Phi) is 3.18. The minimum absolute atomic E-state index is 0.197. The summed E-state index contributed by atoms with van der Waals surface area (Å²) in [4.78, 5) is 18.1. The normalized spacial score (nSPS) is 9.75. The summed E-state index contributed by atoms with van der Waals surface area (Å²) in [6, 6.07) is 9.15. The van der Waals surface area contributed by atoms with Crippen molar-refractivity contribution < 1.29 is 0 Å². The maximum atomic E-state index is 10.1. The average Bonchev–Trinajstić information content (AvgIpc) is 2.33. The van der Waals surface area contributed by atoms with E-state index in [1.165, 1.54) is 0 Å². The smallest absolute Gasteiger partial charge is 0.227 e. The number of nitroso groups, excluding NO2 is 1. The summed E-state index contributed by atoms with van der Waals surface area (Å²) in [7, 11) is 0. The highest BCUT2D eigenvalue weighted by atomic mass is 16.3. The lowest BCUT2D eigenvalue weighted by Gasteiger charge is -2.04. The molecule has 0 atom stereocenters. The second-order valence-corrected chi connectivity index (χ2v) is 3.18. The largest absolute Gasteiger partial charge is 0.324 e. The first-order valence-electron chi connectivity index (χ1n) is 4.80. The van der Waals surface area contributed by atoms with E-state index in [1.54, 1.807) is 18.5 Å². The van der Waals surface area contributed by atoms with E-state index < -0.39 is 0 Å². The number of anilines is 2. The van der Waals surface area contributed by atoms with Gasteiger partial charge in [-0.1, -0.05) is 17.3 Å². The Morgan fingerprint density at radius 1 is 1.12 bits per heavy atom. The molecule has 16 heavy (non-hydrogen) atoms. The molecule has 0 aliphatic heterocycles. The van der Waals surface area contributed by atoms with Gasteiger partial charge >= 0.3 is 0 Å². The molecule has 1 aromatic carbocycles. The van der Waals surface area contributed by atoms with E-state index in [0.717, 1.165) is 11.3 Å². The zero-order valence-corrected chi connectivity index (χ0v) is 8.50. The van der Waals surface area contributed by atoms with E-state index in [2.05, 4.69) is 20.5 Å². The summed E-state index contributed by atoms with van der Waals surface area (Å²) in [5.41, 5.74) is 1.76. The van der Waals surface area contributed by atoms with Crippen molar-refractivity contribution in [3.8, 4) is 0 Å². The van der Waals surface area contributed by atoms with Crippen molar-refractivity contribution in [1.82, 2.24) is 9.97 Å². The van der Waals surface area contributed by atoms with Gasteiger partial charge < -0.3 is 5.32 Å². The van der Waals surface area contributed by atoms with Crippen molar-refractivity contribution in [3.63, 3.8) is 0 Å². The third-order valence-electron chi connectivity index (χ3n) is 2.02. The molecule has 0 unspecified atom stereocenters. The quantitative estimate of drug-likeness (QED) is 0.794. The third-order valence-corrected chi connectivity index (χ3v) is 2.02. The predicted octanol–water partition coefficient (Wildman–Crippen LogP) is 2.49. The molecular formula is C11H10N4O. The fourth-order valence-electron chi connectivity index (χ4n) is 1.26. The number of rotatable bonds is 4. The predicted molar refractivity (Wildman–Crippen MR) is 61.3 cm³/mol. The van der Waals surface area contributed by atoms with Gasteiger partial charge in [0.05, 0.1) is 0 Å². The molecule has 80 valence electrons. The van der Waals surface area contributed by atoms with Crippen LogP contribution in [0.2, 0.25) is 0 Å². The second kappa shape index (κ2) is 4.97. The second-order valence-electron chi connectivity index (χ2n) is 3.18. The number of hydrogen-bond donors (Lipinski definition) is 1. The molecule has 0 radical (unpaired) electrons. The molecule has 0 saturated carbocycles. The monoisotopic (exact) mass is 214 g/mol. The summed E-state index contributed by atoms with van der Waals surface area (Å²) in [5.74, 6) is 0.545. The molecule has 0 spiro atoms. The summed E-state index contributed by atoms with van der Waals surface area (Å²) < 4.78 is 0. The van der Waals surface area contributed by atoms with Crippen molar-refractivity contribution in [2.75, 3.05) is 5.32 Å². The van der Waals surface area contributed by atoms with Gasteiger partial charge in [0.1, 0.15) is 6.54 Å². The first kappa shape index (κ1) is 10.2. The number of aromatic nitrogens is 2. The van der Waals surface area contributed by atoms with Crippen LogP contribution < -0.4 is 5.32 Å². The molecule has 5 nitrogen and oxygen atoms in total. The van der Waals surface area contributed by atoms with Gasteiger partial charge in [-0.3, -0.25) is 0 Å². The molecule has 1 heterocycles. The number of benzene rings is 1. The van der Waals surface area contributed by atoms with Crippen LogP contribution in [0.4, 0.5) is 11.6 Å². The molecule has 0 amide bonds. The van der Waals surface area contributed by atoms with Crippen LogP contribution >= 0.6 is 0 Å². The number of nitrogens with one attached hydrogen (secondary N) is 1. The zero-order valence-electron chi connectivity index (χ0n) is 8.50. The Bertz CT molecular complexity index is 455. The molecule has 0 aliphatic carbocycles. The van der Waals surface area contributed by atoms with Crippen LogP contribution in [-0.2, 0) is 6.54 Å². The fraction of sp³-hybridized carbons (Fsp3) is 0.0909. The van der Waals surface area contributed by atoms with Crippen molar-refractivity contribution in [2.45, 2.75) is 6.54 Å². The minimum atomic E-state index is 0.197. The van der Waals surface area contributed by atoms with Gasteiger partial charge in [0.15, 0.2) is 0 Å². The summed E-state index contributed by atoms with van der Waals surface area (Å²) >= 11 is 0. The van der Waals surface area contributed by atoms with Gasteiger partial charge in [0, 0.05) is 18.1 Å². The van der Waals surface area contributed by atoms with Crippen LogP contribution in [0.5, 0.6) is 0 Å². The first-order chi connectivity index (χ1) is 7.88. The molecule has 1 aromatic heterocycles. The van der Waals surface area contributed by atoms with Crippen LogP contribution in [0.1, 0.15) is 5.56 Å². The molecular weight excluding hydrogens is 204 g/mol. The van der Waals surface area contributed by atoms with E-state index >= 15 is 0 Å². The minimum Gasteiger partial charge on any atom is -0.324 e. The Balaban J connectivity index is 2.08. The van der Waals surface area contributed by atoms with Crippen LogP contribution in [0, 0.1) is 4.91 Å². The van der Waals surface area contributed by atoms with E-state index in [4.69, 9.17) is 0 Å². The lowest BCUT2D eigenvalue weighted by Crippen LogP contribution is -1.95. The van der Waals surface area contributed by atoms with Gasteiger partial charge in [0.2, 0.25) is 5.95 Å². The van der Waals surface area contributed by atoms with Crippen LogP contribution in [0.25, 0.3) is 0 Å². The van der Waals surface area contributed by atoms with Crippen LogP contribution in [0.15, 0.2) is 47.9 Å². The van der Waals surface area contributed by atoms with Gasteiger partial charge in [-0.15, -0.1) is 0 Å². The number of nitrogens with zero attached hydrogens (tertiary/aromatic N) is 3. The highest BCUT2D eigenvalue weighted by Gasteiger charge is 1.96. The van der Waals surface area contributed by atoms with Crippen molar-refractivity contribution in [2.24, 2.45) is 5.18 Å². The Morgan fingerprint density at radius 3 is 2.44 bits per heavy atom. The van der Waals surface area contributed by atoms with Gasteiger partial charge in [-0.2, -0.15) is 4.91 Å². The van der Waals surface area contributed by atoms with E-state index in [0.29, 0.717) is 5.95 Å². The lowest BCUT2D eigenvalue weighted by atomic mass is 10.2. The zero-order chi connectivity index (χ0) is 11.2. The molecule has 2 aromatic rings. The molecule has 5 heteroatoms. The average molecular weight is 214 g/mol. The molecule has 0 aliphatic rings. The molecule has 0 bridgehead atoms. The van der Waals surface area contributed by atoms with E-state index in [1.807, 2.05) is 24.3 Å². The Hall–Kier alpha value is -2.30. The van der Waals surface area contributed by atoms with Gasteiger partial charge in [-0.25, -0.2) is 9.97 Å². The van der Waals surface area contributed by atoms with Crippen molar-refractivity contribution in [1.29, 1.82) is 0 Å². The first-order valence-corrected chi connectivity index (χ1v) is 4.80. The Labute approximate surface area is 92.5 Å². The topological polar surface area (TPSA) is 67.2 Å². The molecule has 0 saturated heterocycles. The third kappa shape index (κ3) is 2.60. The summed E-state index contributed by atoms with van der Waals surface area (Å²) in [6.07, 6.45) is 3.33. The molecule has 0 fully saturated rings. The van der Waals surface area contributed by atoms with Crippen LogP contribution in [0.3, 0.4) is 0 Å². The maximum Gasteiger partial charge on any atom is 0.227 e. The van der Waals surface area contributed by atoms with E-state index in [-0.39, 0.29) is 6.54 Å². The van der Waals surface area contributed by atoms with E-state index in [9.17, 15) is 4.91 Å². The Morgan fingerprint density at radius 2 is 1.81 bits per heavy atom. The fourth-order valence-corrected chi connectivity index (χ4v) is 1.26. The van der Waals surface area contributed by atoms with Crippen molar-refractivity contribution in [3.05, 3.63) is 53.2 Å². The highest BCUT2D eigenvalue weighted by molar-refractivity contribution is 5.53. The van der Waals surface area contributed by atoms with Gasteiger partial charge in [0.25, 0.3) is 0 Å². The standard InChI is InChI=1S/C11H10N4O/c16-14-8-9-2-4-10(5-3-9)15-11-12-6-1-7-13-11/h1-7H,8H2,(H,12,13,15). The van der Waals surface area contributed by atoms with Gasteiger partial charge in [-0.05, 0) is 23.8 Å².